The van der Waals surface area contributed by atoms with Gasteiger partial charge in [-0.2, -0.15) is 0 Å². The molecule has 1 N–H and O–H groups in total. The first-order valence-electron chi connectivity index (χ1n) is 13.4. The number of nitrogens with one attached hydrogen (secondary N) is 1. The zero-order valence-electron chi connectivity index (χ0n) is 21.8. The summed E-state index contributed by atoms with van der Waals surface area (Å²) in [6.45, 7) is 4.60. The van der Waals surface area contributed by atoms with Gasteiger partial charge in [-0.3, -0.25) is 14.5 Å². The molecule has 0 aliphatic rings. The third-order valence-corrected chi connectivity index (χ3v) is 6.38. The van der Waals surface area contributed by atoms with Crippen LogP contribution in [0.4, 0.5) is 17.1 Å². The smallest absolute Gasteiger partial charge is 0.318 e. The predicted molar refractivity (Wildman–Crippen MR) is 151 cm³/mol. The van der Waals surface area contributed by atoms with E-state index in [1.165, 1.54) is 61.8 Å². The van der Waals surface area contributed by atoms with Crippen LogP contribution in [0.25, 0.3) is 0 Å². The summed E-state index contributed by atoms with van der Waals surface area (Å²) >= 11 is 0. The molecule has 0 atom stereocenters. The second-order valence-electron chi connectivity index (χ2n) is 9.87. The van der Waals surface area contributed by atoms with Crippen molar-refractivity contribution in [2.45, 2.75) is 71.6 Å². The van der Waals surface area contributed by atoms with Crippen LogP contribution >= 0.6 is 0 Å². The largest absolute Gasteiger partial charge is 0.321 e. The molecule has 0 aliphatic heterocycles. The van der Waals surface area contributed by atoms with E-state index >= 15 is 0 Å². The Balaban J connectivity index is 1.54. The molecule has 0 unspecified atom stereocenters. The molecule has 0 aromatic heterocycles. The molecule has 0 fully saturated rings. The Hall–Kier alpha value is -3.40. The van der Waals surface area contributed by atoms with Crippen molar-refractivity contribution in [1.82, 2.24) is 0 Å². The molecule has 3 rings (SSSR count). The van der Waals surface area contributed by atoms with Gasteiger partial charge in [-0.05, 0) is 60.7 Å². The van der Waals surface area contributed by atoms with Crippen LogP contribution in [0.1, 0.15) is 70.8 Å². The number of carbonyl (C=O) groups is 2. The van der Waals surface area contributed by atoms with E-state index in [1.54, 1.807) is 12.1 Å². The SMILES string of the molecule is CC(C)CCCCCCCCCc1ccc(N(C(=O)C(=O)Nc2ccccc2)c2ccccc2)cc1. The fraction of sp³-hybridized carbons (Fsp3) is 0.375. The van der Waals surface area contributed by atoms with Crippen molar-refractivity contribution in [1.29, 1.82) is 0 Å². The molecule has 0 spiro atoms. The predicted octanol–water partition coefficient (Wildman–Crippen LogP) is 8.31. The molecule has 3 aromatic carbocycles. The summed E-state index contributed by atoms with van der Waals surface area (Å²) in [6.07, 6.45) is 11.5. The summed E-state index contributed by atoms with van der Waals surface area (Å²) in [6, 6.07) is 26.3. The lowest BCUT2D eigenvalue weighted by Gasteiger charge is -2.22. The second-order valence-corrected chi connectivity index (χ2v) is 9.87. The highest BCUT2D eigenvalue weighted by atomic mass is 16.2. The van der Waals surface area contributed by atoms with Crippen LogP contribution in [-0.2, 0) is 16.0 Å². The van der Waals surface area contributed by atoms with E-state index in [2.05, 4.69) is 31.3 Å². The van der Waals surface area contributed by atoms with Gasteiger partial charge in [-0.25, -0.2) is 0 Å². The standard InChI is InChI=1S/C32H40N2O2/c1-26(2)16-10-6-4-3-5-7-11-17-27-22-24-30(25-23-27)34(29-20-14-9-15-21-29)32(36)31(35)33-28-18-12-8-13-19-28/h8-9,12-15,18-26H,3-7,10-11,16-17H2,1-2H3,(H,33,35). The molecule has 0 heterocycles. The van der Waals surface area contributed by atoms with Crippen LogP contribution < -0.4 is 10.2 Å². The van der Waals surface area contributed by atoms with E-state index in [4.69, 9.17) is 0 Å². The fourth-order valence-corrected chi connectivity index (χ4v) is 4.35. The van der Waals surface area contributed by atoms with Crippen molar-refractivity contribution in [3.63, 3.8) is 0 Å². The third-order valence-electron chi connectivity index (χ3n) is 6.38. The molecule has 4 heteroatoms. The van der Waals surface area contributed by atoms with Gasteiger partial charge in [0.15, 0.2) is 0 Å². The van der Waals surface area contributed by atoms with Gasteiger partial charge in [0.25, 0.3) is 0 Å². The highest BCUT2D eigenvalue weighted by Crippen LogP contribution is 2.26. The zero-order valence-corrected chi connectivity index (χ0v) is 21.8. The number of nitrogens with zero attached hydrogens (tertiary/aromatic N) is 1. The molecule has 0 saturated carbocycles. The molecule has 190 valence electrons. The molecule has 4 nitrogen and oxygen atoms in total. The van der Waals surface area contributed by atoms with E-state index in [9.17, 15) is 9.59 Å². The summed E-state index contributed by atoms with van der Waals surface area (Å²) in [5.74, 6) is -0.467. The number of hydrogen-bond acceptors (Lipinski definition) is 2. The first kappa shape index (κ1) is 27.2. The summed E-state index contributed by atoms with van der Waals surface area (Å²) in [7, 11) is 0. The molecule has 0 radical (unpaired) electrons. The van der Waals surface area contributed by atoms with Crippen LogP contribution in [0.2, 0.25) is 0 Å². The van der Waals surface area contributed by atoms with E-state index in [0.717, 1.165) is 12.3 Å². The minimum Gasteiger partial charge on any atom is -0.318 e. The second kappa shape index (κ2) is 14.9. The van der Waals surface area contributed by atoms with Gasteiger partial charge in [0.05, 0.1) is 0 Å². The highest BCUT2D eigenvalue weighted by molar-refractivity contribution is 6.45. The van der Waals surface area contributed by atoms with Crippen molar-refractivity contribution in [3.05, 3.63) is 90.5 Å². The minimum atomic E-state index is -0.668. The lowest BCUT2D eigenvalue weighted by molar-refractivity contribution is -0.134. The van der Waals surface area contributed by atoms with Gasteiger partial charge in [0.1, 0.15) is 0 Å². The zero-order chi connectivity index (χ0) is 25.6. The number of carbonyl (C=O) groups excluding carboxylic acids is 2. The maximum Gasteiger partial charge on any atom is 0.321 e. The molecule has 2 amide bonds. The van der Waals surface area contributed by atoms with Gasteiger partial charge in [-0.1, -0.05) is 107 Å². The third kappa shape index (κ3) is 8.99. The maximum atomic E-state index is 13.2. The van der Waals surface area contributed by atoms with Crippen LogP contribution in [0.15, 0.2) is 84.9 Å². The molecule has 36 heavy (non-hydrogen) atoms. The quantitative estimate of drug-likeness (QED) is 0.196. The monoisotopic (exact) mass is 484 g/mol. The van der Waals surface area contributed by atoms with Crippen molar-refractivity contribution < 1.29 is 9.59 Å². The number of benzene rings is 3. The Morgan fingerprint density at radius 3 is 1.81 bits per heavy atom. The van der Waals surface area contributed by atoms with Crippen LogP contribution in [0.3, 0.4) is 0 Å². The van der Waals surface area contributed by atoms with Crippen molar-refractivity contribution in [2.75, 3.05) is 10.2 Å². The van der Waals surface area contributed by atoms with E-state index in [-0.39, 0.29) is 0 Å². The van der Waals surface area contributed by atoms with Crippen molar-refractivity contribution >= 4 is 28.9 Å². The Morgan fingerprint density at radius 1 is 0.667 bits per heavy atom. The summed E-state index contributed by atoms with van der Waals surface area (Å²) in [4.78, 5) is 27.5. The normalized spacial score (nSPS) is 10.9. The minimum absolute atomic E-state index is 0.592. The average Bonchev–Trinajstić information content (AvgIpc) is 2.89. The van der Waals surface area contributed by atoms with Crippen LogP contribution in [0.5, 0.6) is 0 Å². The number of amides is 2. The molecular formula is C32H40N2O2. The van der Waals surface area contributed by atoms with Gasteiger partial charge >= 0.3 is 11.8 Å². The Labute approximate surface area is 216 Å². The summed E-state index contributed by atoms with van der Waals surface area (Å²) < 4.78 is 0. The van der Waals surface area contributed by atoms with E-state index in [0.29, 0.717) is 17.1 Å². The number of rotatable bonds is 13. The van der Waals surface area contributed by atoms with Gasteiger partial charge in [-0.15, -0.1) is 0 Å². The first-order chi connectivity index (χ1) is 17.5. The summed E-state index contributed by atoms with van der Waals surface area (Å²) in [5.41, 5.74) is 3.19. The number of para-hydroxylation sites is 2. The Morgan fingerprint density at radius 2 is 1.19 bits per heavy atom. The average molecular weight is 485 g/mol. The van der Waals surface area contributed by atoms with Crippen LogP contribution in [-0.4, -0.2) is 11.8 Å². The molecular weight excluding hydrogens is 444 g/mol. The topological polar surface area (TPSA) is 49.4 Å². The lowest BCUT2D eigenvalue weighted by atomic mass is 10.0. The van der Waals surface area contributed by atoms with Gasteiger partial charge in [0, 0.05) is 17.1 Å². The van der Waals surface area contributed by atoms with Crippen LogP contribution in [0, 0.1) is 5.92 Å². The first-order valence-corrected chi connectivity index (χ1v) is 13.4. The Kier molecular flexibility index (Phi) is 11.2. The number of unbranched alkanes of at least 4 members (excludes halogenated alkanes) is 6. The Bertz CT molecular complexity index is 1050. The number of anilines is 3. The van der Waals surface area contributed by atoms with Gasteiger partial charge < -0.3 is 5.32 Å². The highest BCUT2D eigenvalue weighted by Gasteiger charge is 2.25. The number of aryl methyl sites for hydroxylation is 1. The van der Waals surface area contributed by atoms with Crippen molar-refractivity contribution in [3.8, 4) is 0 Å². The maximum absolute atomic E-state index is 13.2. The fourth-order valence-electron chi connectivity index (χ4n) is 4.35. The lowest BCUT2D eigenvalue weighted by Crippen LogP contribution is -2.36. The summed E-state index contributed by atoms with van der Waals surface area (Å²) in [5, 5.41) is 2.70. The molecule has 3 aromatic rings. The molecule has 0 bridgehead atoms. The van der Waals surface area contributed by atoms with E-state index < -0.39 is 11.8 Å². The van der Waals surface area contributed by atoms with Gasteiger partial charge in [0.2, 0.25) is 0 Å². The van der Waals surface area contributed by atoms with E-state index in [1.807, 2.05) is 60.7 Å². The number of hydrogen-bond donors (Lipinski definition) is 1. The molecule has 0 saturated heterocycles. The van der Waals surface area contributed by atoms with Crippen molar-refractivity contribution in [2.24, 2.45) is 5.92 Å². The molecule has 0 aliphatic carbocycles.